The quantitative estimate of drug-likeness (QED) is 0.552. The molecule has 0 saturated carbocycles. The zero-order chi connectivity index (χ0) is 10.8. The van der Waals surface area contributed by atoms with Crippen LogP contribution in [0.15, 0.2) is 0 Å². The van der Waals surface area contributed by atoms with E-state index in [-0.39, 0.29) is 0 Å². The van der Waals surface area contributed by atoms with Crippen molar-refractivity contribution in [3.05, 3.63) is 0 Å². The number of hydrogen-bond acceptors (Lipinski definition) is 1. The summed E-state index contributed by atoms with van der Waals surface area (Å²) in [6, 6.07) is 0. The van der Waals surface area contributed by atoms with E-state index in [4.69, 9.17) is 5.73 Å². The van der Waals surface area contributed by atoms with Gasteiger partial charge in [0.15, 0.2) is 0 Å². The van der Waals surface area contributed by atoms with Gasteiger partial charge in [-0.3, -0.25) is 0 Å². The molecule has 0 aliphatic rings. The van der Waals surface area contributed by atoms with Gasteiger partial charge in [0.05, 0.1) is 0 Å². The third-order valence-corrected chi connectivity index (χ3v) is 0. The Morgan fingerprint density at radius 3 is 0.917 bits per heavy atom. The zero-order valence-corrected chi connectivity index (χ0v) is 14.6. The van der Waals surface area contributed by atoms with Crippen LogP contribution in [-0.4, -0.2) is 6.54 Å². The maximum atomic E-state index is 4.85. The molecule has 0 saturated heterocycles. The van der Waals surface area contributed by atoms with Crippen LogP contribution in [-0.2, 0) is 9.47 Å². The van der Waals surface area contributed by atoms with Gasteiger partial charge >= 0.3 is 49.4 Å². The molecule has 0 spiro atoms. The monoisotopic (exact) mass is 438 g/mol. The van der Waals surface area contributed by atoms with Crippen molar-refractivity contribution in [3.63, 3.8) is 0 Å². The van der Waals surface area contributed by atoms with Crippen molar-refractivity contribution >= 4 is 40.0 Å². The fourth-order valence-electron chi connectivity index (χ4n) is 0. The second kappa shape index (κ2) is 52.0. The van der Waals surface area contributed by atoms with Crippen LogP contribution >= 0.6 is 40.0 Å². The van der Waals surface area contributed by atoms with E-state index in [1.807, 2.05) is 6.92 Å². The molecule has 4 heteroatoms. The van der Waals surface area contributed by atoms with E-state index in [1.54, 1.807) is 0 Å². The number of halogens is 2. The average Bonchev–Trinajstić information content (AvgIpc) is 1.92. The predicted molar refractivity (Wildman–Crippen MR) is 74.7 cm³/mol. The molecule has 0 unspecified atom stereocenters. The Morgan fingerprint density at radius 1 is 0.917 bits per heavy atom. The van der Waals surface area contributed by atoms with Crippen LogP contribution in [0, 0.1) is 0 Å². The van der Waals surface area contributed by atoms with Gasteiger partial charge in [-0.1, -0.05) is 47.5 Å². The first-order chi connectivity index (χ1) is 5.66. The van der Waals surface area contributed by atoms with Crippen molar-refractivity contribution in [1.29, 1.82) is 0 Å². The van der Waals surface area contributed by atoms with E-state index in [1.165, 1.54) is 12.8 Å². The van der Waals surface area contributed by atoms with Crippen LogP contribution in [0.25, 0.3) is 0 Å². The Morgan fingerprint density at radius 2 is 0.917 bits per heavy atom. The van der Waals surface area contributed by atoms with Gasteiger partial charge in [0.1, 0.15) is 0 Å². The molecule has 12 heavy (non-hydrogen) atoms. The molecule has 0 aliphatic heterocycles. The summed E-state index contributed by atoms with van der Waals surface area (Å²) in [5.74, 6) is 0. The Kier molecular flexibility index (Phi) is 102. The van der Waals surface area contributed by atoms with E-state index in [0.29, 0.717) is 9.47 Å². The summed E-state index contributed by atoms with van der Waals surface area (Å²) in [7, 11) is 0.628. The second-order valence-electron chi connectivity index (χ2n) is 1.89. The molecule has 0 amide bonds. The molecule has 0 radical (unpaired) electrons. The van der Waals surface area contributed by atoms with Gasteiger partial charge in [-0.2, -0.15) is 0 Å². The Balaban J connectivity index is -0.0000000356. The molecular weight excluding hydrogens is 415 g/mol. The first-order valence-corrected chi connectivity index (χ1v) is 13.3. The van der Waals surface area contributed by atoms with E-state index in [2.05, 4.69) is 67.7 Å². The topological polar surface area (TPSA) is 26.0 Å². The maximum absolute atomic E-state index is 4.85. The van der Waals surface area contributed by atoms with Crippen molar-refractivity contribution < 1.29 is 9.47 Å². The van der Waals surface area contributed by atoms with E-state index in [0.717, 1.165) is 6.54 Å². The SMILES string of the molecule is CCC.CCC.CCN.[I][V][I]. The van der Waals surface area contributed by atoms with E-state index < -0.39 is 0 Å². The molecule has 0 heterocycles. The van der Waals surface area contributed by atoms with Gasteiger partial charge in [-0.25, -0.2) is 0 Å². The van der Waals surface area contributed by atoms with Crippen LogP contribution in [0.4, 0.5) is 0 Å². The molecule has 1 nitrogen and oxygen atoms in total. The number of rotatable bonds is 0. The van der Waals surface area contributed by atoms with Crippen LogP contribution in [0.5, 0.6) is 0 Å². The van der Waals surface area contributed by atoms with Crippen LogP contribution < -0.4 is 5.73 Å². The molecule has 79 valence electrons. The Labute approximate surface area is 108 Å². The van der Waals surface area contributed by atoms with Crippen LogP contribution in [0.2, 0.25) is 0 Å². The van der Waals surface area contributed by atoms with Crippen molar-refractivity contribution in [2.24, 2.45) is 5.73 Å². The van der Waals surface area contributed by atoms with Crippen molar-refractivity contribution in [2.45, 2.75) is 47.5 Å². The predicted octanol–water partition coefficient (Wildman–Crippen LogP) is 4.57. The zero-order valence-electron chi connectivity index (χ0n) is 8.90. The fourth-order valence-corrected chi connectivity index (χ4v) is 0. The second-order valence-corrected chi connectivity index (χ2v) is 13.7. The Bertz CT molecular complexity index is 25.0. The standard InChI is InChI=1S/2C3H8.C2H7N.2HI.V/c2*1-3-2;1-2-3;;;/h2*3H2,1-2H3;2-3H2,1H3;2*1H;/q;;;;;+2/p-2. The number of nitrogens with two attached hydrogens (primary N) is 1. The summed E-state index contributed by atoms with van der Waals surface area (Å²) >= 11 is 4.74. The minimum absolute atomic E-state index is 0.628. The van der Waals surface area contributed by atoms with Gasteiger partial charge in [-0.05, 0) is 6.54 Å². The van der Waals surface area contributed by atoms with E-state index in [9.17, 15) is 0 Å². The summed E-state index contributed by atoms with van der Waals surface area (Å²) in [4.78, 5) is 0. The first-order valence-electron chi connectivity index (χ1n) is 4.28. The van der Waals surface area contributed by atoms with Crippen molar-refractivity contribution in [2.75, 3.05) is 6.54 Å². The summed E-state index contributed by atoms with van der Waals surface area (Å²) in [6.07, 6.45) is 2.50. The van der Waals surface area contributed by atoms with Gasteiger partial charge in [0, 0.05) is 0 Å². The van der Waals surface area contributed by atoms with Gasteiger partial charge in [0.2, 0.25) is 0 Å². The molecular formula is C8H23I2NV. The van der Waals surface area contributed by atoms with Gasteiger partial charge in [0.25, 0.3) is 0 Å². The average molecular weight is 438 g/mol. The van der Waals surface area contributed by atoms with Crippen LogP contribution in [0.3, 0.4) is 0 Å². The minimum atomic E-state index is 0.628. The van der Waals surface area contributed by atoms with Gasteiger partial charge in [-0.15, -0.1) is 0 Å². The van der Waals surface area contributed by atoms with Crippen molar-refractivity contribution in [1.82, 2.24) is 0 Å². The third-order valence-electron chi connectivity index (χ3n) is 0. The molecule has 0 aromatic rings. The van der Waals surface area contributed by atoms with Gasteiger partial charge < -0.3 is 5.73 Å². The summed E-state index contributed by atoms with van der Waals surface area (Å²) in [5.41, 5.74) is 4.85. The molecule has 0 aromatic carbocycles. The summed E-state index contributed by atoms with van der Waals surface area (Å²) < 4.78 is 0. The molecule has 0 rings (SSSR count). The number of hydrogen-bond donors (Lipinski definition) is 1. The molecule has 2 N–H and O–H groups in total. The molecule has 0 aromatic heterocycles. The molecule has 0 aliphatic carbocycles. The summed E-state index contributed by atoms with van der Waals surface area (Å²) in [5, 5.41) is 0. The van der Waals surface area contributed by atoms with Crippen LogP contribution in [0.1, 0.15) is 47.5 Å². The fraction of sp³-hybridized carbons (Fsp3) is 1.00. The molecule has 0 bridgehead atoms. The Hall–Kier alpha value is 2.00. The first kappa shape index (κ1) is 23.7. The molecule has 0 fully saturated rings. The third kappa shape index (κ3) is 362. The normalized spacial score (nSPS) is 5.67. The van der Waals surface area contributed by atoms with Crippen molar-refractivity contribution in [3.8, 4) is 0 Å². The van der Waals surface area contributed by atoms with E-state index >= 15 is 0 Å². The molecule has 0 atom stereocenters. The summed E-state index contributed by atoms with van der Waals surface area (Å²) in [6.45, 7) is 11.2.